The molecule has 0 aromatic heterocycles. The minimum atomic E-state index is -0.299. The number of hydrogen-bond acceptors (Lipinski definition) is 4. The van der Waals surface area contributed by atoms with Crippen molar-refractivity contribution in [2.75, 3.05) is 13.2 Å². The van der Waals surface area contributed by atoms with Gasteiger partial charge >= 0.3 is 5.97 Å². The SMILES string of the molecule is BSC(CO)COC(C)=O. The summed E-state index contributed by atoms with van der Waals surface area (Å²) < 4.78 is 4.67. The van der Waals surface area contributed by atoms with Crippen LogP contribution < -0.4 is 0 Å². The number of esters is 1. The van der Waals surface area contributed by atoms with Crippen molar-refractivity contribution in [2.45, 2.75) is 12.2 Å². The van der Waals surface area contributed by atoms with E-state index in [9.17, 15) is 4.79 Å². The molecule has 3 nitrogen and oxygen atoms in total. The van der Waals surface area contributed by atoms with E-state index in [0.29, 0.717) is 6.61 Å². The van der Waals surface area contributed by atoms with Crippen molar-refractivity contribution in [1.29, 1.82) is 0 Å². The van der Waals surface area contributed by atoms with Crippen molar-refractivity contribution in [1.82, 2.24) is 0 Å². The number of aliphatic hydroxyl groups is 1. The van der Waals surface area contributed by atoms with Crippen LogP contribution >= 0.6 is 11.6 Å². The third-order valence-electron chi connectivity index (χ3n) is 1.01. The van der Waals surface area contributed by atoms with Gasteiger partial charge < -0.3 is 9.84 Å². The van der Waals surface area contributed by atoms with Crippen LogP contribution in [-0.4, -0.2) is 36.7 Å². The van der Waals surface area contributed by atoms with Gasteiger partial charge in [0.2, 0.25) is 0 Å². The first-order valence-electron chi connectivity index (χ1n) is 2.97. The van der Waals surface area contributed by atoms with E-state index in [2.05, 4.69) is 4.74 Å². The van der Waals surface area contributed by atoms with Gasteiger partial charge in [-0.15, -0.1) is 0 Å². The first kappa shape index (κ1) is 9.84. The van der Waals surface area contributed by atoms with Crippen LogP contribution in [0.3, 0.4) is 0 Å². The molecule has 0 spiro atoms. The molecule has 1 atom stereocenters. The summed E-state index contributed by atoms with van der Waals surface area (Å²) in [4.78, 5) is 10.3. The Labute approximate surface area is 65.4 Å². The highest BCUT2D eigenvalue weighted by Crippen LogP contribution is 2.03. The Morgan fingerprint density at radius 3 is 2.80 bits per heavy atom. The van der Waals surface area contributed by atoms with Crippen molar-refractivity contribution >= 4 is 24.7 Å². The first-order valence-corrected chi connectivity index (χ1v) is 4.26. The predicted octanol–water partition coefficient (Wildman–Crippen LogP) is -0.808. The molecule has 0 saturated heterocycles. The van der Waals surface area contributed by atoms with Crippen LogP contribution in [0.2, 0.25) is 0 Å². The van der Waals surface area contributed by atoms with Gasteiger partial charge in [0.1, 0.15) is 6.61 Å². The van der Waals surface area contributed by atoms with Crippen molar-refractivity contribution in [3.05, 3.63) is 0 Å². The quantitative estimate of drug-likeness (QED) is 0.433. The molecule has 10 heavy (non-hydrogen) atoms. The number of carbonyl (C=O) groups excluding carboxylic acids is 1. The molecule has 0 rings (SSSR count). The Bertz CT molecular complexity index is 105. The highest BCUT2D eigenvalue weighted by atomic mass is 32.2. The third-order valence-corrected chi connectivity index (χ3v) is 1.96. The van der Waals surface area contributed by atoms with E-state index in [1.54, 1.807) is 0 Å². The van der Waals surface area contributed by atoms with Gasteiger partial charge in [-0.05, 0) is 0 Å². The Morgan fingerprint density at radius 1 is 1.90 bits per heavy atom. The molecule has 5 heteroatoms. The molecular weight excluding hydrogens is 151 g/mol. The highest BCUT2D eigenvalue weighted by Gasteiger charge is 2.05. The fourth-order valence-corrected chi connectivity index (χ4v) is 0.759. The second-order valence-corrected chi connectivity index (χ2v) is 2.98. The van der Waals surface area contributed by atoms with Gasteiger partial charge in [0, 0.05) is 6.92 Å². The topological polar surface area (TPSA) is 46.5 Å². The number of hydrogen-bond donors (Lipinski definition) is 1. The van der Waals surface area contributed by atoms with Crippen LogP contribution in [0.1, 0.15) is 6.92 Å². The first-order chi connectivity index (χ1) is 4.70. The van der Waals surface area contributed by atoms with Gasteiger partial charge in [-0.3, -0.25) is 4.79 Å². The van der Waals surface area contributed by atoms with Crippen molar-refractivity contribution in [3.63, 3.8) is 0 Å². The Morgan fingerprint density at radius 2 is 2.50 bits per heavy atom. The minimum absolute atomic E-state index is 0.0175. The average molecular weight is 162 g/mol. The van der Waals surface area contributed by atoms with E-state index in [4.69, 9.17) is 5.11 Å². The number of aliphatic hydroxyl groups excluding tert-OH is 1. The maximum atomic E-state index is 10.3. The molecule has 0 radical (unpaired) electrons. The van der Waals surface area contributed by atoms with Crippen LogP contribution in [0, 0.1) is 0 Å². The zero-order chi connectivity index (χ0) is 7.98. The second kappa shape index (κ2) is 5.62. The summed E-state index contributed by atoms with van der Waals surface area (Å²) in [6, 6.07) is 0. The van der Waals surface area contributed by atoms with E-state index < -0.39 is 0 Å². The van der Waals surface area contributed by atoms with Gasteiger partial charge in [0.15, 0.2) is 7.12 Å². The summed E-state index contributed by atoms with van der Waals surface area (Å²) >= 11 is 1.48. The third kappa shape index (κ3) is 4.70. The molecule has 0 aromatic rings. The lowest BCUT2D eigenvalue weighted by Crippen LogP contribution is -2.17. The molecule has 0 aliphatic carbocycles. The lowest BCUT2D eigenvalue weighted by atomic mass is 10.5. The fraction of sp³-hybridized carbons (Fsp3) is 0.800. The van der Waals surface area contributed by atoms with Crippen LogP contribution in [0.15, 0.2) is 0 Å². The number of ether oxygens (including phenoxy) is 1. The van der Waals surface area contributed by atoms with Gasteiger partial charge in [-0.1, -0.05) is 0 Å². The summed E-state index contributed by atoms with van der Waals surface area (Å²) in [5.41, 5.74) is 0. The molecule has 0 bridgehead atoms. The summed E-state index contributed by atoms with van der Waals surface area (Å²) in [7, 11) is 1.87. The minimum Gasteiger partial charge on any atom is -0.465 e. The van der Waals surface area contributed by atoms with E-state index >= 15 is 0 Å². The molecule has 0 saturated carbocycles. The number of rotatable bonds is 4. The summed E-state index contributed by atoms with van der Waals surface area (Å²) in [6.45, 7) is 1.70. The highest BCUT2D eigenvalue weighted by molar-refractivity contribution is 8.20. The summed E-state index contributed by atoms with van der Waals surface area (Å²) in [5, 5.41) is 8.64. The summed E-state index contributed by atoms with van der Waals surface area (Å²) in [6.07, 6.45) is 0. The van der Waals surface area contributed by atoms with Crippen LogP contribution in [0.4, 0.5) is 0 Å². The largest absolute Gasteiger partial charge is 0.465 e. The average Bonchev–Trinajstić information content (AvgIpc) is 1.90. The standard InChI is InChI=1S/C5H11BO3S/c1-4(8)9-3-5(2-7)10-6/h5,7H,2-3,6H2,1H3. The molecule has 0 fully saturated rings. The molecule has 0 aliphatic rings. The van der Waals surface area contributed by atoms with E-state index in [0.717, 1.165) is 0 Å². The normalized spacial score (nSPS) is 12.6. The molecule has 0 heterocycles. The monoisotopic (exact) mass is 162 g/mol. The number of carbonyl (C=O) groups is 1. The zero-order valence-corrected chi connectivity index (χ0v) is 6.98. The lowest BCUT2D eigenvalue weighted by molar-refractivity contribution is -0.141. The van der Waals surface area contributed by atoms with E-state index in [1.165, 1.54) is 18.5 Å². The second-order valence-electron chi connectivity index (χ2n) is 1.84. The van der Waals surface area contributed by atoms with E-state index in [1.807, 2.05) is 7.12 Å². The Hall–Kier alpha value is -0.155. The van der Waals surface area contributed by atoms with Gasteiger partial charge in [0.25, 0.3) is 0 Å². The van der Waals surface area contributed by atoms with Gasteiger partial charge in [0.05, 0.1) is 11.9 Å². The molecule has 1 unspecified atom stereocenters. The van der Waals surface area contributed by atoms with Crippen molar-refractivity contribution in [3.8, 4) is 0 Å². The molecule has 0 aromatic carbocycles. The van der Waals surface area contributed by atoms with Crippen LogP contribution in [-0.2, 0) is 9.53 Å². The van der Waals surface area contributed by atoms with Crippen molar-refractivity contribution in [2.24, 2.45) is 0 Å². The van der Waals surface area contributed by atoms with Crippen LogP contribution in [0.5, 0.6) is 0 Å². The molecule has 1 N–H and O–H groups in total. The predicted molar refractivity (Wildman–Crippen MR) is 43.6 cm³/mol. The molecule has 0 aliphatic heterocycles. The zero-order valence-electron chi connectivity index (χ0n) is 6.16. The fourth-order valence-electron chi connectivity index (χ4n) is 0.406. The van der Waals surface area contributed by atoms with Gasteiger partial charge in [-0.2, -0.15) is 0 Å². The van der Waals surface area contributed by atoms with Crippen LogP contribution in [0.25, 0.3) is 0 Å². The molecule has 0 amide bonds. The Balaban J connectivity index is 3.34. The smallest absolute Gasteiger partial charge is 0.302 e. The van der Waals surface area contributed by atoms with E-state index in [-0.39, 0.29) is 17.8 Å². The maximum Gasteiger partial charge on any atom is 0.302 e. The van der Waals surface area contributed by atoms with Gasteiger partial charge in [-0.25, -0.2) is 11.6 Å². The molecular formula is C5H11BO3S. The molecule has 58 valence electrons. The maximum absolute atomic E-state index is 10.3. The summed E-state index contributed by atoms with van der Waals surface area (Å²) in [5.74, 6) is -0.299. The lowest BCUT2D eigenvalue weighted by Gasteiger charge is -2.09. The Kier molecular flexibility index (Phi) is 5.53. The van der Waals surface area contributed by atoms with Crippen molar-refractivity contribution < 1.29 is 14.6 Å².